The van der Waals surface area contributed by atoms with Gasteiger partial charge in [0.15, 0.2) is 0 Å². The zero-order valence-corrected chi connectivity index (χ0v) is 10.5. The molecule has 0 amide bonds. The molecule has 1 aliphatic carbocycles. The molecule has 1 saturated carbocycles. The summed E-state index contributed by atoms with van der Waals surface area (Å²) in [6, 6.07) is 0. The third kappa shape index (κ3) is 1.04. The van der Waals surface area contributed by atoms with Crippen LogP contribution in [0.2, 0.25) is 0 Å². The van der Waals surface area contributed by atoms with Crippen molar-refractivity contribution in [3.63, 3.8) is 0 Å². The Bertz CT molecular complexity index is 191. The van der Waals surface area contributed by atoms with E-state index in [1.54, 1.807) is 0 Å². The van der Waals surface area contributed by atoms with Gasteiger partial charge in [0, 0.05) is 0 Å². The fourth-order valence-corrected chi connectivity index (χ4v) is 3.55. The van der Waals surface area contributed by atoms with Gasteiger partial charge in [0.2, 0.25) is 0 Å². The molecule has 0 heteroatoms. The first kappa shape index (κ1) is 11.1. The quantitative estimate of drug-likeness (QED) is 0.603. The van der Waals surface area contributed by atoms with Crippen LogP contribution in [0, 0.1) is 22.2 Å². The van der Waals surface area contributed by atoms with Crippen molar-refractivity contribution in [3.05, 3.63) is 0 Å². The maximum absolute atomic E-state index is 2.49. The molecular weight excluding hydrogens is 156 g/mol. The van der Waals surface area contributed by atoms with E-state index in [4.69, 9.17) is 0 Å². The molecule has 13 heavy (non-hydrogen) atoms. The first-order valence-corrected chi connectivity index (χ1v) is 5.78. The average molecular weight is 182 g/mol. The molecule has 0 aromatic rings. The third-order valence-electron chi connectivity index (χ3n) is 5.95. The minimum absolute atomic E-state index is 0.497. The van der Waals surface area contributed by atoms with Crippen molar-refractivity contribution < 1.29 is 0 Å². The standard InChI is InChI=1S/C13H26/c1-8-11(4,5)13(7)10(3)12(13,6)9-2/h10H,8-9H2,1-7H3. The van der Waals surface area contributed by atoms with Crippen molar-refractivity contribution in [2.75, 3.05) is 0 Å². The molecule has 0 spiro atoms. The molecule has 1 aliphatic rings. The van der Waals surface area contributed by atoms with E-state index in [9.17, 15) is 0 Å². The van der Waals surface area contributed by atoms with Gasteiger partial charge in [-0.2, -0.15) is 0 Å². The molecule has 0 aliphatic heterocycles. The van der Waals surface area contributed by atoms with E-state index in [1.807, 2.05) is 0 Å². The summed E-state index contributed by atoms with van der Waals surface area (Å²) in [5, 5.41) is 0. The largest absolute Gasteiger partial charge is 0.0649 e. The second kappa shape index (κ2) is 2.74. The van der Waals surface area contributed by atoms with Crippen LogP contribution in [0.15, 0.2) is 0 Å². The van der Waals surface area contributed by atoms with Gasteiger partial charge in [0.1, 0.15) is 0 Å². The van der Waals surface area contributed by atoms with Crippen molar-refractivity contribution in [1.82, 2.24) is 0 Å². The summed E-state index contributed by atoms with van der Waals surface area (Å²) in [5.41, 5.74) is 1.65. The Morgan fingerprint density at radius 3 is 1.85 bits per heavy atom. The zero-order chi connectivity index (χ0) is 10.5. The summed E-state index contributed by atoms with van der Waals surface area (Å²) in [5.74, 6) is 0.889. The molecule has 0 nitrogen and oxygen atoms in total. The van der Waals surface area contributed by atoms with Crippen LogP contribution in [0.4, 0.5) is 0 Å². The van der Waals surface area contributed by atoms with Gasteiger partial charge >= 0.3 is 0 Å². The molecule has 78 valence electrons. The Morgan fingerprint density at radius 2 is 1.62 bits per heavy atom. The SMILES string of the molecule is CCC(C)(C)C1(C)C(C)C1(C)CC. The lowest BCUT2D eigenvalue weighted by atomic mass is 9.70. The number of hydrogen-bond acceptors (Lipinski definition) is 0. The lowest BCUT2D eigenvalue weighted by Gasteiger charge is -2.35. The van der Waals surface area contributed by atoms with Crippen LogP contribution < -0.4 is 0 Å². The van der Waals surface area contributed by atoms with Gasteiger partial charge < -0.3 is 0 Å². The van der Waals surface area contributed by atoms with Gasteiger partial charge in [-0.05, 0) is 28.6 Å². The van der Waals surface area contributed by atoms with Crippen LogP contribution in [-0.4, -0.2) is 0 Å². The van der Waals surface area contributed by atoms with Crippen LogP contribution in [0.1, 0.15) is 61.3 Å². The number of hydrogen-bond donors (Lipinski definition) is 0. The van der Waals surface area contributed by atoms with Crippen molar-refractivity contribution >= 4 is 0 Å². The molecule has 0 heterocycles. The van der Waals surface area contributed by atoms with E-state index in [0.717, 1.165) is 5.92 Å². The molecule has 0 bridgehead atoms. The van der Waals surface area contributed by atoms with Crippen LogP contribution in [0.3, 0.4) is 0 Å². The first-order valence-electron chi connectivity index (χ1n) is 5.78. The molecule has 0 N–H and O–H groups in total. The average Bonchev–Trinajstić information content (AvgIpc) is 2.55. The highest BCUT2D eigenvalue weighted by Crippen LogP contribution is 2.77. The normalized spacial score (nSPS) is 45.0. The molecule has 0 aromatic carbocycles. The predicted molar refractivity (Wildman–Crippen MR) is 59.7 cm³/mol. The van der Waals surface area contributed by atoms with Crippen LogP contribution >= 0.6 is 0 Å². The van der Waals surface area contributed by atoms with Crippen LogP contribution in [0.25, 0.3) is 0 Å². The van der Waals surface area contributed by atoms with E-state index in [1.165, 1.54) is 12.8 Å². The van der Waals surface area contributed by atoms with Crippen molar-refractivity contribution in [1.29, 1.82) is 0 Å². The smallest absolute Gasteiger partial charge is 0.0187 e. The first-order chi connectivity index (χ1) is 5.78. The zero-order valence-electron chi connectivity index (χ0n) is 10.5. The summed E-state index contributed by atoms with van der Waals surface area (Å²) >= 11 is 0. The van der Waals surface area contributed by atoms with Crippen molar-refractivity contribution in [2.45, 2.75) is 61.3 Å². The Morgan fingerprint density at radius 1 is 1.15 bits per heavy atom. The molecule has 3 unspecified atom stereocenters. The third-order valence-corrected chi connectivity index (χ3v) is 5.95. The van der Waals surface area contributed by atoms with Crippen molar-refractivity contribution in [3.8, 4) is 0 Å². The molecular formula is C13H26. The summed E-state index contributed by atoms with van der Waals surface area (Å²) in [7, 11) is 0. The Labute approximate surface area is 84.1 Å². The molecule has 0 radical (unpaired) electrons. The lowest BCUT2D eigenvalue weighted by molar-refractivity contribution is 0.141. The highest BCUT2D eigenvalue weighted by atomic mass is 14.8. The molecule has 1 fully saturated rings. The summed E-state index contributed by atoms with van der Waals surface area (Å²) < 4.78 is 0. The van der Waals surface area contributed by atoms with Crippen LogP contribution in [-0.2, 0) is 0 Å². The summed E-state index contributed by atoms with van der Waals surface area (Å²) in [4.78, 5) is 0. The van der Waals surface area contributed by atoms with Gasteiger partial charge in [-0.3, -0.25) is 0 Å². The van der Waals surface area contributed by atoms with Crippen LogP contribution in [0.5, 0.6) is 0 Å². The highest BCUT2D eigenvalue weighted by Gasteiger charge is 2.71. The molecule has 0 saturated heterocycles. The van der Waals surface area contributed by atoms with Crippen molar-refractivity contribution in [2.24, 2.45) is 22.2 Å². The Kier molecular flexibility index (Phi) is 2.34. The molecule has 0 aromatic heterocycles. The Hall–Kier alpha value is 0. The van der Waals surface area contributed by atoms with E-state index in [0.29, 0.717) is 16.2 Å². The van der Waals surface area contributed by atoms with E-state index < -0.39 is 0 Å². The predicted octanol–water partition coefficient (Wildman–Crippen LogP) is 4.49. The number of rotatable bonds is 3. The van der Waals surface area contributed by atoms with Gasteiger partial charge in [-0.25, -0.2) is 0 Å². The Balaban J connectivity index is 2.94. The minimum atomic E-state index is 0.497. The maximum Gasteiger partial charge on any atom is -0.0187 e. The fraction of sp³-hybridized carbons (Fsp3) is 1.00. The van der Waals surface area contributed by atoms with Gasteiger partial charge in [-0.15, -0.1) is 0 Å². The summed E-state index contributed by atoms with van der Waals surface area (Å²) in [6.45, 7) is 16.9. The summed E-state index contributed by atoms with van der Waals surface area (Å²) in [6.07, 6.45) is 2.62. The highest BCUT2D eigenvalue weighted by molar-refractivity contribution is 5.19. The molecule has 1 rings (SSSR count). The van der Waals surface area contributed by atoms with Gasteiger partial charge in [-0.1, -0.05) is 54.9 Å². The monoisotopic (exact) mass is 182 g/mol. The maximum atomic E-state index is 2.49. The van der Waals surface area contributed by atoms with Gasteiger partial charge in [0.25, 0.3) is 0 Å². The van der Waals surface area contributed by atoms with E-state index in [-0.39, 0.29) is 0 Å². The minimum Gasteiger partial charge on any atom is -0.0649 e. The van der Waals surface area contributed by atoms with E-state index >= 15 is 0 Å². The topological polar surface area (TPSA) is 0 Å². The van der Waals surface area contributed by atoms with E-state index in [2.05, 4.69) is 48.5 Å². The lowest BCUT2D eigenvalue weighted by Crippen LogP contribution is -2.27. The van der Waals surface area contributed by atoms with Gasteiger partial charge in [0.05, 0.1) is 0 Å². The second-order valence-corrected chi connectivity index (χ2v) is 5.93. The second-order valence-electron chi connectivity index (χ2n) is 5.93. The molecule has 3 atom stereocenters. The fourth-order valence-electron chi connectivity index (χ4n) is 3.55.